The molecule has 1 saturated heterocycles. The van der Waals surface area contributed by atoms with Gasteiger partial charge in [-0.15, -0.1) is 11.8 Å². The lowest BCUT2D eigenvalue weighted by Crippen LogP contribution is -2.51. The number of hydrogen-bond donors (Lipinski definition) is 1. The number of nitrogens with one attached hydrogen (secondary N) is 1. The molecule has 0 radical (unpaired) electrons. The molecule has 1 aromatic rings. The first-order chi connectivity index (χ1) is 8.14. The Balaban J connectivity index is 2.17. The summed E-state index contributed by atoms with van der Waals surface area (Å²) in [5, 5.41) is 3.41. The lowest BCUT2D eigenvalue weighted by atomic mass is 9.91. The fourth-order valence-electron chi connectivity index (χ4n) is 2.41. The normalized spacial score (nSPS) is 18.3. The highest BCUT2D eigenvalue weighted by Gasteiger charge is 2.29. The Morgan fingerprint density at radius 2 is 1.71 bits per heavy atom. The summed E-state index contributed by atoms with van der Waals surface area (Å²) in [4.78, 5) is 3.90. The molecular formula is C14H22N2S. The molecule has 94 valence electrons. The van der Waals surface area contributed by atoms with Gasteiger partial charge in [0.25, 0.3) is 0 Å². The SMILES string of the molecule is CSc1ccc(C(C)(C)N2CCNCC2)cc1. The molecule has 1 aromatic carbocycles. The fraction of sp³-hybridized carbons (Fsp3) is 0.571. The molecule has 0 aliphatic carbocycles. The molecule has 2 rings (SSSR count). The van der Waals surface area contributed by atoms with Gasteiger partial charge >= 0.3 is 0 Å². The molecule has 0 unspecified atom stereocenters. The van der Waals surface area contributed by atoms with Crippen molar-refractivity contribution in [1.82, 2.24) is 10.2 Å². The Morgan fingerprint density at radius 1 is 1.12 bits per heavy atom. The summed E-state index contributed by atoms with van der Waals surface area (Å²) in [5.41, 5.74) is 1.55. The summed E-state index contributed by atoms with van der Waals surface area (Å²) in [7, 11) is 0. The van der Waals surface area contributed by atoms with Crippen molar-refractivity contribution in [3.05, 3.63) is 29.8 Å². The van der Waals surface area contributed by atoms with Crippen LogP contribution in [0.5, 0.6) is 0 Å². The zero-order valence-electron chi connectivity index (χ0n) is 11.0. The molecule has 2 nitrogen and oxygen atoms in total. The maximum Gasteiger partial charge on any atom is 0.0405 e. The quantitative estimate of drug-likeness (QED) is 0.830. The van der Waals surface area contributed by atoms with Crippen LogP contribution >= 0.6 is 11.8 Å². The number of nitrogens with zero attached hydrogens (tertiary/aromatic N) is 1. The average molecular weight is 250 g/mol. The highest BCUT2D eigenvalue weighted by Crippen LogP contribution is 2.29. The molecule has 0 spiro atoms. The summed E-state index contributed by atoms with van der Waals surface area (Å²) >= 11 is 1.80. The van der Waals surface area contributed by atoms with Crippen LogP contribution in [0.25, 0.3) is 0 Å². The van der Waals surface area contributed by atoms with Crippen LogP contribution in [-0.2, 0) is 5.54 Å². The number of thioether (sulfide) groups is 1. The Hall–Kier alpha value is -0.510. The van der Waals surface area contributed by atoms with Gasteiger partial charge in [-0.25, -0.2) is 0 Å². The van der Waals surface area contributed by atoms with E-state index in [0.717, 1.165) is 26.2 Å². The predicted octanol–water partition coefficient (Wildman–Crippen LogP) is 2.55. The van der Waals surface area contributed by atoms with Crippen LogP contribution in [0.4, 0.5) is 0 Å². The molecule has 1 aliphatic rings. The smallest absolute Gasteiger partial charge is 0.0405 e. The van der Waals surface area contributed by atoms with E-state index in [0.29, 0.717) is 0 Å². The van der Waals surface area contributed by atoms with Crippen molar-refractivity contribution in [2.45, 2.75) is 24.3 Å². The van der Waals surface area contributed by atoms with Crippen molar-refractivity contribution in [3.8, 4) is 0 Å². The zero-order valence-corrected chi connectivity index (χ0v) is 11.8. The van der Waals surface area contributed by atoms with Crippen molar-refractivity contribution in [3.63, 3.8) is 0 Å². The van der Waals surface area contributed by atoms with E-state index in [1.165, 1.54) is 10.5 Å². The molecule has 17 heavy (non-hydrogen) atoms. The van der Waals surface area contributed by atoms with E-state index in [2.05, 4.69) is 54.6 Å². The van der Waals surface area contributed by atoms with Crippen molar-refractivity contribution >= 4 is 11.8 Å². The summed E-state index contributed by atoms with van der Waals surface area (Å²) in [5.74, 6) is 0. The molecule has 1 aliphatic heterocycles. The number of benzene rings is 1. The first-order valence-corrected chi connectivity index (χ1v) is 7.47. The Kier molecular flexibility index (Phi) is 4.13. The maximum atomic E-state index is 3.41. The molecule has 1 heterocycles. The lowest BCUT2D eigenvalue weighted by molar-refractivity contribution is 0.102. The molecule has 0 atom stereocenters. The van der Waals surface area contributed by atoms with Gasteiger partial charge in [0.1, 0.15) is 0 Å². The molecule has 0 saturated carbocycles. The maximum absolute atomic E-state index is 3.41. The largest absolute Gasteiger partial charge is 0.314 e. The summed E-state index contributed by atoms with van der Waals surface area (Å²) in [6.45, 7) is 9.13. The van der Waals surface area contributed by atoms with E-state index in [-0.39, 0.29) is 5.54 Å². The van der Waals surface area contributed by atoms with Crippen molar-refractivity contribution < 1.29 is 0 Å². The van der Waals surface area contributed by atoms with Crippen LogP contribution in [0.3, 0.4) is 0 Å². The van der Waals surface area contributed by atoms with Gasteiger partial charge < -0.3 is 5.32 Å². The van der Waals surface area contributed by atoms with Gasteiger partial charge in [-0.2, -0.15) is 0 Å². The van der Waals surface area contributed by atoms with Gasteiger partial charge in [0.2, 0.25) is 0 Å². The Labute approximate surface area is 109 Å². The first-order valence-electron chi connectivity index (χ1n) is 6.25. The molecule has 0 aromatic heterocycles. The Morgan fingerprint density at radius 3 is 2.24 bits per heavy atom. The van der Waals surface area contributed by atoms with E-state index < -0.39 is 0 Å². The van der Waals surface area contributed by atoms with E-state index >= 15 is 0 Å². The Bertz CT molecular complexity index is 353. The van der Waals surface area contributed by atoms with Crippen LogP contribution in [0.15, 0.2) is 29.2 Å². The van der Waals surface area contributed by atoms with Gasteiger partial charge in [0, 0.05) is 36.6 Å². The van der Waals surface area contributed by atoms with Crippen LogP contribution in [-0.4, -0.2) is 37.3 Å². The topological polar surface area (TPSA) is 15.3 Å². The van der Waals surface area contributed by atoms with Crippen LogP contribution in [0, 0.1) is 0 Å². The summed E-state index contributed by atoms with van der Waals surface area (Å²) < 4.78 is 0. The van der Waals surface area contributed by atoms with E-state index in [1.54, 1.807) is 11.8 Å². The van der Waals surface area contributed by atoms with Crippen LogP contribution < -0.4 is 5.32 Å². The second-order valence-electron chi connectivity index (χ2n) is 5.02. The second-order valence-corrected chi connectivity index (χ2v) is 5.90. The van der Waals surface area contributed by atoms with E-state index in [1.807, 2.05) is 0 Å². The molecule has 1 fully saturated rings. The number of piperazine rings is 1. The number of rotatable bonds is 3. The van der Waals surface area contributed by atoms with Crippen LogP contribution in [0.1, 0.15) is 19.4 Å². The minimum atomic E-state index is 0.138. The third-order valence-electron chi connectivity index (χ3n) is 3.70. The second kappa shape index (κ2) is 5.42. The van der Waals surface area contributed by atoms with Crippen molar-refractivity contribution in [2.75, 3.05) is 32.4 Å². The third kappa shape index (κ3) is 2.84. The summed E-state index contributed by atoms with van der Waals surface area (Å²) in [6.07, 6.45) is 2.12. The highest BCUT2D eigenvalue weighted by atomic mass is 32.2. The molecule has 0 bridgehead atoms. The summed E-state index contributed by atoms with van der Waals surface area (Å²) in [6, 6.07) is 9.00. The van der Waals surface area contributed by atoms with Crippen molar-refractivity contribution in [1.29, 1.82) is 0 Å². The van der Waals surface area contributed by atoms with E-state index in [4.69, 9.17) is 0 Å². The molecule has 3 heteroatoms. The highest BCUT2D eigenvalue weighted by molar-refractivity contribution is 7.98. The lowest BCUT2D eigenvalue weighted by Gasteiger charge is -2.41. The van der Waals surface area contributed by atoms with Crippen molar-refractivity contribution in [2.24, 2.45) is 0 Å². The zero-order chi connectivity index (χ0) is 12.3. The standard InChI is InChI=1S/C14H22N2S/c1-14(2,16-10-8-15-9-11-16)12-4-6-13(17-3)7-5-12/h4-7,15H,8-11H2,1-3H3. The van der Waals surface area contributed by atoms with Gasteiger partial charge in [0.15, 0.2) is 0 Å². The minimum Gasteiger partial charge on any atom is -0.314 e. The number of hydrogen-bond acceptors (Lipinski definition) is 3. The molecule has 1 N–H and O–H groups in total. The predicted molar refractivity (Wildman–Crippen MR) is 75.7 cm³/mol. The minimum absolute atomic E-state index is 0.138. The van der Waals surface area contributed by atoms with Gasteiger partial charge in [-0.1, -0.05) is 12.1 Å². The third-order valence-corrected chi connectivity index (χ3v) is 4.45. The van der Waals surface area contributed by atoms with Gasteiger partial charge in [0.05, 0.1) is 0 Å². The first kappa shape index (κ1) is 12.9. The monoisotopic (exact) mass is 250 g/mol. The van der Waals surface area contributed by atoms with Gasteiger partial charge in [-0.05, 0) is 37.8 Å². The van der Waals surface area contributed by atoms with E-state index in [9.17, 15) is 0 Å². The molecular weight excluding hydrogens is 228 g/mol. The fourth-order valence-corrected chi connectivity index (χ4v) is 2.81. The molecule has 0 amide bonds. The van der Waals surface area contributed by atoms with Crippen LogP contribution in [0.2, 0.25) is 0 Å². The average Bonchev–Trinajstić information content (AvgIpc) is 2.40. The van der Waals surface area contributed by atoms with Gasteiger partial charge in [-0.3, -0.25) is 4.90 Å².